The van der Waals surface area contributed by atoms with Gasteiger partial charge in [0, 0.05) is 24.9 Å². The lowest BCUT2D eigenvalue weighted by Gasteiger charge is -2.22. The number of unbranched alkanes of at least 4 members (excludes halogenated alkanes) is 1. The molecule has 0 atom stereocenters. The van der Waals surface area contributed by atoms with Gasteiger partial charge < -0.3 is 10.8 Å². The van der Waals surface area contributed by atoms with Gasteiger partial charge in [-0.1, -0.05) is 12.1 Å². The largest absolute Gasteiger partial charge is 0.399 e. The summed E-state index contributed by atoms with van der Waals surface area (Å²) in [6, 6.07) is 8.90. The summed E-state index contributed by atoms with van der Waals surface area (Å²) in [7, 11) is 0. The molecule has 1 aliphatic carbocycles. The van der Waals surface area contributed by atoms with Crippen molar-refractivity contribution in [2.45, 2.75) is 38.3 Å². The summed E-state index contributed by atoms with van der Waals surface area (Å²) in [4.78, 5) is 2.52. The predicted molar refractivity (Wildman–Crippen MR) is 70.6 cm³/mol. The molecular formula is C14H22N2O. The number of aliphatic hydroxyl groups is 1. The van der Waals surface area contributed by atoms with Gasteiger partial charge in [0.25, 0.3) is 0 Å². The second-order valence-electron chi connectivity index (χ2n) is 4.88. The van der Waals surface area contributed by atoms with Crippen molar-refractivity contribution in [1.29, 1.82) is 0 Å². The molecule has 1 fully saturated rings. The first-order valence-corrected chi connectivity index (χ1v) is 6.49. The Balaban J connectivity index is 1.88. The molecule has 0 saturated heterocycles. The normalized spacial score (nSPS) is 15.4. The Morgan fingerprint density at radius 2 is 2.12 bits per heavy atom. The summed E-state index contributed by atoms with van der Waals surface area (Å²) in [5, 5.41) is 8.82. The number of nitrogens with zero attached hydrogens (tertiary/aromatic N) is 1. The van der Waals surface area contributed by atoms with E-state index < -0.39 is 0 Å². The minimum Gasteiger partial charge on any atom is -0.399 e. The molecule has 3 nitrogen and oxygen atoms in total. The maximum atomic E-state index is 8.82. The van der Waals surface area contributed by atoms with Gasteiger partial charge in [-0.25, -0.2) is 0 Å². The van der Waals surface area contributed by atoms with E-state index in [4.69, 9.17) is 10.8 Å². The number of nitrogen functional groups attached to an aromatic ring is 1. The van der Waals surface area contributed by atoms with Gasteiger partial charge in [0.2, 0.25) is 0 Å². The summed E-state index contributed by atoms with van der Waals surface area (Å²) in [5.41, 5.74) is 7.93. The molecule has 0 aromatic heterocycles. The van der Waals surface area contributed by atoms with Crippen molar-refractivity contribution in [3.05, 3.63) is 29.8 Å². The van der Waals surface area contributed by atoms with Gasteiger partial charge in [0.05, 0.1) is 0 Å². The molecule has 2 rings (SSSR count). The van der Waals surface area contributed by atoms with E-state index in [1.165, 1.54) is 18.4 Å². The lowest BCUT2D eigenvalue weighted by molar-refractivity contribution is 0.229. The molecule has 3 N–H and O–H groups in total. The molecule has 1 saturated carbocycles. The number of anilines is 1. The number of hydrogen-bond acceptors (Lipinski definition) is 3. The molecule has 0 heterocycles. The number of rotatable bonds is 7. The van der Waals surface area contributed by atoms with Crippen LogP contribution in [0.25, 0.3) is 0 Å². The van der Waals surface area contributed by atoms with Crippen LogP contribution < -0.4 is 5.73 Å². The molecule has 0 spiro atoms. The number of nitrogens with two attached hydrogens (primary N) is 1. The van der Waals surface area contributed by atoms with E-state index in [2.05, 4.69) is 17.0 Å². The fraction of sp³-hybridized carbons (Fsp3) is 0.571. The smallest absolute Gasteiger partial charge is 0.0431 e. The monoisotopic (exact) mass is 234 g/mol. The zero-order chi connectivity index (χ0) is 12.1. The molecular weight excluding hydrogens is 212 g/mol. The molecule has 3 heteroatoms. The van der Waals surface area contributed by atoms with Crippen LogP contribution in [0.1, 0.15) is 31.2 Å². The molecule has 0 unspecified atom stereocenters. The number of aliphatic hydroxyl groups excluding tert-OH is 1. The minimum absolute atomic E-state index is 0.302. The second kappa shape index (κ2) is 6.03. The molecule has 1 aliphatic rings. The van der Waals surface area contributed by atoms with Crippen molar-refractivity contribution < 1.29 is 5.11 Å². The maximum absolute atomic E-state index is 8.82. The highest BCUT2D eigenvalue weighted by molar-refractivity contribution is 5.40. The van der Waals surface area contributed by atoms with Crippen LogP contribution in [0.2, 0.25) is 0 Å². The molecule has 0 aliphatic heterocycles. The van der Waals surface area contributed by atoms with Crippen LogP contribution in [0.5, 0.6) is 0 Å². The van der Waals surface area contributed by atoms with Gasteiger partial charge in [-0.3, -0.25) is 4.90 Å². The number of benzene rings is 1. The van der Waals surface area contributed by atoms with E-state index >= 15 is 0 Å². The van der Waals surface area contributed by atoms with Crippen LogP contribution in [-0.2, 0) is 6.54 Å². The third-order valence-corrected chi connectivity index (χ3v) is 3.25. The van der Waals surface area contributed by atoms with Crippen LogP contribution in [0.15, 0.2) is 24.3 Å². The van der Waals surface area contributed by atoms with E-state index in [-0.39, 0.29) is 0 Å². The van der Waals surface area contributed by atoms with E-state index in [0.29, 0.717) is 6.61 Å². The van der Waals surface area contributed by atoms with Crippen molar-refractivity contribution in [2.75, 3.05) is 18.9 Å². The third-order valence-electron chi connectivity index (χ3n) is 3.25. The Morgan fingerprint density at radius 3 is 2.76 bits per heavy atom. The van der Waals surface area contributed by atoms with Gasteiger partial charge in [-0.2, -0.15) is 0 Å². The molecule has 0 radical (unpaired) electrons. The second-order valence-corrected chi connectivity index (χ2v) is 4.88. The zero-order valence-electron chi connectivity index (χ0n) is 10.3. The fourth-order valence-corrected chi connectivity index (χ4v) is 2.18. The van der Waals surface area contributed by atoms with Crippen molar-refractivity contribution in [3.8, 4) is 0 Å². The summed E-state index contributed by atoms with van der Waals surface area (Å²) in [6.07, 6.45) is 4.62. The molecule has 1 aromatic carbocycles. The lowest BCUT2D eigenvalue weighted by atomic mass is 10.2. The third kappa shape index (κ3) is 4.02. The molecule has 0 bridgehead atoms. The SMILES string of the molecule is Nc1cccc(CN(CCCCO)C2CC2)c1. The minimum atomic E-state index is 0.302. The Bertz CT molecular complexity index is 350. The molecule has 17 heavy (non-hydrogen) atoms. The average molecular weight is 234 g/mol. The highest BCUT2D eigenvalue weighted by Crippen LogP contribution is 2.28. The van der Waals surface area contributed by atoms with E-state index in [1.54, 1.807) is 0 Å². The zero-order valence-corrected chi connectivity index (χ0v) is 10.3. The van der Waals surface area contributed by atoms with Crippen LogP contribution >= 0.6 is 0 Å². The summed E-state index contributed by atoms with van der Waals surface area (Å²) < 4.78 is 0. The first-order chi connectivity index (χ1) is 8.29. The van der Waals surface area contributed by atoms with Crippen molar-refractivity contribution in [1.82, 2.24) is 4.90 Å². The highest BCUT2D eigenvalue weighted by atomic mass is 16.2. The van der Waals surface area contributed by atoms with E-state index in [9.17, 15) is 0 Å². The summed E-state index contributed by atoms with van der Waals surface area (Å²) in [5.74, 6) is 0. The van der Waals surface area contributed by atoms with Crippen molar-refractivity contribution in [3.63, 3.8) is 0 Å². The van der Waals surface area contributed by atoms with Crippen molar-refractivity contribution >= 4 is 5.69 Å². The van der Waals surface area contributed by atoms with Gasteiger partial charge in [0.15, 0.2) is 0 Å². The average Bonchev–Trinajstić information content (AvgIpc) is 3.12. The lowest BCUT2D eigenvalue weighted by Crippen LogP contribution is -2.26. The van der Waals surface area contributed by atoms with Crippen molar-refractivity contribution in [2.24, 2.45) is 0 Å². The Labute approximate surface area is 103 Å². The quantitative estimate of drug-likeness (QED) is 0.560. The molecule has 0 amide bonds. The highest BCUT2D eigenvalue weighted by Gasteiger charge is 2.28. The van der Waals surface area contributed by atoms with Crippen LogP contribution in [0.4, 0.5) is 5.69 Å². The topological polar surface area (TPSA) is 49.5 Å². The Morgan fingerprint density at radius 1 is 1.29 bits per heavy atom. The predicted octanol–water partition coefficient (Wildman–Crippen LogP) is 2.01. The number of hydrogen-bond donors (Lipinski definition) is 2. The van der Waals surface area contributed by atoms with Gasteiger partial charge in [-0.15, -0.1) is 0 Å². The van der Waals surface area contributed by atoms with Gasteiger partial charge >= 0.3 is 0 Å². The first kappa shape index (κ1) is 12.4. The van der Waals surface area contributed by atoms with E-state index in [1.807, 2.05) is 12.1 Å². The van der Waals surface area contributed by atoms with Gasteiger partial charge in [0.1, 0.15) is 0 Å². The standard InChI is InChI=1S/C14H22N2O/c15-13-5-3-4-12(10-13)11-16(14-6-7-14)8-1-2-9-17/h3-5,10,14,17H,1-2,6-9,11,15H2. The fourth-order valence-electron chi connectivity index (χ4n) is 2.18. The summed E-state index contributed by atoms with van der Waals surface area (Å²) in [6.45, 7) is 2.37. The van der Waals surface area contributed by atoms with Gasteiger partial charge in [-0.05, 0) is 49.9 Å². The van der Waals surface area contributed by atoms with Crippen LogP contribution in [-0.4, -0.2) is 29.2 Å². The Hall–Kier alpha value is -1.06. The van der Waals surface area contributed by atoms with Crippen LogP contribution in [0, 0.1) is 0 Å². The maximum Gasteiger partial charge on any atom is 0.0431 e. The van der Waals surface area contributed by atoms with Crippen LogP contribution in [0.3, 0.4) is 0 Å². The Kier molecular flexibility index (Phi) is 4.40. The molecule has 94 valence electrons. The first-order valence-electron chi connectivity index (χ1n) is 6.49. The van der Waals surface area contributed by atoms with E-state index in [0.717, 1.165) is 37.7 Å². The summed E-state index contributed by atoms with van der Waals surface area (Å²) >= 11 is 0. The molecule has 1 aromatic rings.